The van der Waals surface area contributed by atoms with E-state index in [9.17, 15) is 8.78 Å². The van der Waals surface area contributed by atoms with Gasteiger partial charge < -0.3 is 15.0 Å². The molecule has 0 amide bonds. The Bertz CT molecular complexity index is 1020. The highest BCUT2D eigenvalue weighted by Gasteiger charge is 2.31. The molecule has 2 aliphatic heterocycles. The molecular formula is C29H40F2N4O. The maximum atomic E-state index is 13.1. The molecule has 0 unspecified atom stereocenters. The Morgan fingerprint density at radius 1 is 1.19 bits per heavy atom. The van der Waals surface area contributed by atoms with Gasteiger partial charge in [0.05, 0.1) is 13.2 Å². The summed E-state index contributed by atoms with van der Waals surface area (Å²) in [4.78, 5) is 4.64. The maximum absolute atomic E-state index is 13.1. The van der Waals surface area contributed by atoms with Gasteiger partial charge in [-0.1, -0.05) is 24.6 Å². The van der Waals surface area contributed by atoms with Gasteiger partial charge in [-0.3, -0.25) is 10.3 Å². The molecule has 0 radical (unpaired) electrons. The monoisotopic (exact) mass is 498 g/mol. The molecule has 4 rings (SSSR count). The molecule has 0 bridgehead atoms. The fraction of sp³-hybridized carbons (Fsp3) is 0.552. The molecule has 3 aliphatic rings. The number of rotatable bonds is 9. The van der Waals surface area contributed by atoms with Gasteiger partial charge in [0.25, 0.3) is 6.43 Å². The second-order valence-electron chi connectivity index (χ2n) is 9.99. The van der Waals surface area contributed by atoms with Gasteiger partial charge in [0, 0.05) is 56.1 Å². The van der Waals surface area contributed by atoms with Crippen LogP contribution in [0.3, 0.4) is 0 Å². The van der Waals surface area contributed by atoms with E-state index in [1.54, 1.807) is 5.57 Å². The molecule has 5 nitrogen and oxygen atoms in total. The molecule has 7 heteroatoms. The number of morpholine rings is 1. The highest BCUT2D eigenvalue weighted by Crippen LogP contribution is 2.45. The number of ether oxygens (including phenoxy) is 1. The number of anilines is 1. The number of allylic oxidation sites excluding steroid dienone is 3. The zero-order valence-corrected chi connectivity index (χ0v) is 21.7. The van der Waals surface area contributed by atoms with Crippen LogP contribution in [0.2, 0.25) is 0 Å². The SMILES string of the molecule is CCc1ccc(N/C(C)=C\C(=N)N2CCC=C(CCN3CCOCC3)CCC2)cc1C1=C(C(F)F)C1. The maximum Gasteiger partial charge on any atom is 0.260 e. The normalized spacial score (nSPS) is 19.8. The summed E-state index contributed by atoms with van der Waals surface area (Å²) >= 11 is 0. The third-order valence-corrected chi connectivity index (χ3v) is 7.36. The molecule has 0 spiro atoms. The van der Waals surface area contributed by atoms with Crippen molar-refractivity contribution in [3.8, 4) is 0 Å². The van der Waals surface area contributed by atoms with Crippen molar-refractivity contribution in [2.45, 2.75) is 58.8 Å². The first-order chi connectivity index (χ1) is 17.4. The predicted molar refractivity (Wildman–Crippen MR) is 144 cm³/mol. The summed E-state index contributed by atoms with van der Waals surface area (Å²) < 4.78 is 31.6. The Labute approximate surface area is 214 Å². The Morgan fingerprint density at radius 3 is 2.72 bits per heavy atom. The minimum atomic E-state index is -2.36. The predicted octanol–water partition coefficient (Wildman–Crippen LogP) is 6.10. The van der Waals surface area contributed by atoms with Crippen LogP contribution in [-0.4, -0.2) is 68.0 Å². The molecule has 0 saturated carbocycles. The van der Waals surface area contributed by atoms with Crippen LogP contribution in [0.4, 0.5) is 14.5 Å². The van der Waals surface area contributed by atoms with Crippen LogP contribution < -0.4 is 5.32 Å². The van der Waals surface area contributed by atoms with E-state index in [2.05, 4.69) is 28.1 Å². The second-order valence-corrected chi connectivity index (χ2v) is 9.99. The third-order valence-electron chi connectivity index (χ3n) is 7.36. The minimum absolute atomic E-state index is 0.270. The summed E-state index contributed by atoms with van der Waals surface area (Å²) in [6.45, 7) is 10.6. The minimum Gasteiger partial charge on any atom is -0.379 e. The molecule has 1 saturated heterocycles. The fourth-order valence-electron chi connectivity index (χ4n) is 5.16. The summed E-state index contributed by atoms with van der Waals surface area (Å²) in [5, 5.41) is 12.0. The molecule has 0 atom stereocenters. The van der Waals surface area contributed by atoms with Crippen LogP contribution in [0.1, 0.15) is 57.1 Å². The van der Waals surface area contributed by atoms with E-state index in [1.807, 2.05) is 31.2 Å². The topological polar surface area (TPSA) is 51.6 Å². The zero-order valence-electron chi connectivity index (χ0n) is 21.7. The number of halogens is 2. The molecule has 0 aromatic heterocycles. The quantitative estimate of drug-likeness (QED) is 0.245. The highest BCUT2D eigenvalue weighted by molar-refractivity contribution is 5.91. The smallest absolute Gasteiger partial charge is 0.260 e. The first-order valence-corrected chi connectivity index (χ1v) is 13.3. The number of benzene rings is 1. The summed E-state index contributed by atoms with van der Waals surface area (Å²) in [5.41, 5.74) is 6.38. The van der Waals surface area contributed by atoms with Crippen LogP contribution in [0.5, 0.6) is 0 Å². The van der Waals surface area contributed by atoms with E-state index in [1.165, 1.54) is 0 Å². The fourth-order valence-corrected chi connectivity index (χ4v) is 5.16. The summed E-state index contributed by atoms with van der Waals surface area (Å²) in [7, 11) is 0. The van der Waals surface area contributed by atoms with E-state index in [-0.39, 0.29) is 5.57 Å². The summed E-state index contributed by atoms with van der Waals surface area (Å²) in [5.74, 6) is 0.514. The number of nitrogens with zero attached hydrogens (tertiary/aromatic N) is 2. The standard InChI is InChI=1S/C29H40F2N4O/c1-3-23-8-9-24(19-25(23)26-20-27(26)29(30)31)33-21(2)18-28(32)35-11-4-6-22(7-5-12-35)10-13-34-14-16-36-17-15-34/h6,8-9,18-19,29,32-33H,3-5,7,10-17,20H2,1-2H3/b21-18-,22-6?,32-28?. The lowest BCUT2D eigenvalue weighted by atomic mass is 10.0. The molecule has 1 aromatic rings. The van der Waals surface area contributed by atoms with Crippen molar-refractivity contribution in [1.29, 1.82) is 5.41 Å². The number of amidine groups is 1. The Hall–Kier alpha value is -2.51. The van der Waals surface area contributed by atoms with Crippen LogP contribution in [0, 0.1) is 5.41 Å². The third kappa shape index (κ3) is 7.26. The molecule has 2 N–H and O–H groups in total. The average Bonchev–Trinajstić information content (AvgIpc) is 3.65. The Kier molecular flexibility index (Phi) is 9.32. The van der Waals surface area contributed by atoms with Crippen LogP contribution >= 0.6 is 0 Å². The molecular weight excluding hydrogens is 458 g/mol. The lowest BCUT2D eigenvalue weighted by Gasteiger charge is -2.28. The summed E-state index contributed by atoms with van der Waals surface area (Å²) in [6.07, 6.45) is 7.36. The highest BCUT2D eigenvalue weighted by atomic mass is 19.3. The van der Waals surface area contributed by atoms with Gasteiger partial charge in [0.1, 0.15) is 5.84 Å². The van der Waals surface area contributed by atoms with Crippen molar-refractivity contribution in [2.24, 2.45) is 0 Å². The molecule has 2 heterocycles. The van der Waals surface area contributed by atoms with E-state index in [0.717, 1.165) is 106 Å². The Balaban J connectivity index is 1.31. The number of nitrogens with one attached hydrogen (secondary N) is 2. The number of hydrogen-bond acceptors (Lipinski definition) is 4. The van der Waals surface area contributed by atoms with E-state index >= 15 is 0 Å². The van der Waals surface area contributed by atoms with Gasteiger partial charge in [-0.25, -0.2) is 8.78 Å². The van der Waals surface area contributed by atoms with Gasteiger partial charge in [-0.2, -0.15) is 0 Å². The Morgan fingerprint density at radius 2 is 2.00 bits per heavy atom. The summed E-state index contributed by atoms with van der Waals surface area (Å²) in [6, 6.07) is 5.99. The first-order valence-electron chi connectivity index (χ1n) is 13.3. The number of alkyl halides is 2. The average molecular weight is 499 g/mol. The molecule has 196 valence electrons. The molecule has 1 aromatic carbocycles. The second kappa shape index (κ2) is 12.6. The lowest BCUT2D eigenvalue weighted by Crippen LogP contribution is -2.37. The van der Waals surface area contributed by atoms with Crippen LogP contribution in [0.15, 0.2) is 47.2 Å². The lowest BCUT2D eigenvalue weighted by molar-refractivity contribution is 0.0383. The number of aryl methyl sites for hydroxylation is 1. The van der Waals surface area contributed by atoms with E-state index in [4.69, 9.17) is 10.1 Å². The molecule has 1 fully saturated rings. The van der Waals surface area contributed by atoms with Crippen molar-refractivity contribution in [2.75, 3.05) is 51.3 Å². The molecule has 1 aliphatic carbocycles. The van der Waals surface area contributed by atoms with Gasteiger partial charge in [0.2, 0.25) is 0 Å². The first kappa shape index (κ1) is 26.6. The van der Waals surface area contributed by atoms with E-state index < -0.39 is 6.43 Å². The van der Waals surface area contributed by atoms with Crippen molar-refractivity contribution in [3.05, 3.63) is 58.3 Å². The van der Waals surface area contributed by atoms with Crippen molar-refractivity contribution in [1.82, 2.24) is 9.80 Å². The van der Waals surface area contributed by atoms with Gasteiger partial charge in [0.15, 0.2) is 0 Å². The van der Waals surface area contributed by atoms with Crippen LogP contribution in [0.25, 0.3) is 5.57 Å². The largest absolute Gasteiger partial charge is 0.379 e. The number of hydrogen-bond donors (Lipinski definition) is 2. The van der Waals surface area contributed by atoms with Crippen molar-refractivity contribution >= 4 is 17.1 Å². The van der Waals surface area contributed by atoms with Gasteiger partial charge >= 0.3 is 0 Å². The van der Waals surface area contributed by atoms with E-state index in [0.29, 0.717) is 12.3 Å². The zero-order chi connectivity index (χ0) is 25.5. The van der Waals surface area contributed by atoms with Crippen molar-refractivity contribution in [3.63, 3.8) is 0 Å². The van der Waals surface area contributed by atoms with Gasteiger partial charge in [-0.05, 0) is 73.9 Å². The molecule has 36 heavy (non-hydrogen) atoms. The van der Waals surface area contributed by atoms with Gasteiger partial charge in [-0.15, -0.1) is 0 Å². The van der Waals surface area contributed by atoms with Crippen molar-refractivity contribution < 1.29 is 13.5 Å². The van der Waals surface area contributed by atoms with Crippen LogP contribution in [-0.2, 0) is 11.2 Å².